The molecule has 8 heteroatoms. The van der Waals surface area contributed by atoms with Crippen LogP contribution in [-0.2, 0) is 14.6 Å². The smallest absolute Gasteiger partial charge is 0.346 e. The monoisotopic (exact) mass is 317 g/mol. The van der Waals surface area contributed by atoms with E-state index in [0.717, 1.165) is 11.3 Å². The maximum absolute atomic E-state index is 11.8. The SMILES string of the molecule is Cc1cc(NC(=O)CC2CCS(=O)(=O)C2)sc1C(=O)O. The van der Waals surface area contributed by atoms with Crippen LogP contribution in [0.25, 0.3) is 0 Å². The number of sulfone groups is 1. The molecule has 1 amide bonds. The zero-order valence-corrected chi connectivity index (χ0v) is 12.5. The number of anilines is 1. The summed E-state index contributed by atoms with van der Waals surface area (Å²) in [6, 6.07) is 1.61. The first-order valence-electron chi connectivity index (χ1n) is 6.11. The van der Waals surface area contributed by atoms with Gasteiger partial charge in [-0.2, -0.15) is 0 Å². The van der Waals surface area contributed by atoms with Crippen molar-refractivity contribution in [3.63, 3.8) is 0 Å². The summed E-state index contributed by atoms with van der Waals surface area (Å²) in [5, 5.41) is 12.0. The number of hydrogen-bond donors (Lipinski definition) is 2. The summed E-state index contributed by atoms with van der Waals surface area (Å²) in [6.45, 7) is 1.67. The van der Waals surface area contributed by atoms with Crippen molar-refractivity contribution in [2.24, 2.45) is 5.92 Å². The fraction of sp³-hybridized carbons (Fsp3) is 0.500. The Hall–Kier alpha value is -1.41. The predicted octanol–water partition coefficient (Wildman–Crippen LogP) is 1.52. The minimum absolute atomic E-state index is 0.0598. The standard InChI is InChI=1S/C12H15NO5S2/c1-7-4-10(19-11(7)12(15)16)13-9(14)5-8-2-3-20(17,18)6-8/h4,8H,2-3,5-6H2,1H3,(H,13,14)(H,15,16). The fourth-order valence-corrected chi connectivity index (χ4v) is 5.03. The Bertz CT molecular complexity index is 647. The zero-order valence-electron chi connectivity index (χ0n) is 10.9. The van der Waals surface area contributed by atoms with Gasteiger partial charge in [-0.15, -0.1) is 11.3 Å². The third kappa shape index (κ3) is 3.57. The van der Waals surface area contributed by atoms with Crippen LogP contribution in [0.15, 0.2) is 6.07 Å². The van der Waals surface area contributed by atoms with Crippen LogP contribution in [0, 0.1) is 12.8 Å². The molecule has 0 spiro atoms. The lowest BCUT2D eigenvalue weighted by atomic mass is 10.1. The Morgan fingerprint density at radius 1 is 1.50 bits per heavy atom. The average Bonchev–Trinajstić information content (AvgIpc) is 2.81. The van der Waals surface area contributed by atoms with E-state index in [-0.39, 0.29) is 34.6 Å². The van der Waals surface area contributed by atoms with Gasteiger partial charge in [-0.3, -0.25) is 4.79 Å². The van der Waals surface area contributed by atoms with Crippen LogP contribution in [0.5, 0.6) is 0 Å². The van der Waals surface area contributed by atoms with Crippen LogP contribution >= 0.6 is 11.3 Å². The Balaban J connectivity index is 1.95. The number of aryl methyl sites for hydroxylation is 1. The summed E-state index contributed by atoms with van der Waals surface area (Å²) in [7, 11) is -2.98. The summed E-state index contributed by atoms with van der Waals surface area (Å²) in [4.78, 5) is 22.9. The number of thiophene rings is 1. The largest absolute Gasteiger partial charge is 0.477 e. The molecule has 1 saturated heterocycles. The topological polar surface area (TPSA) is 101 Å². The first-order chi connectivity index (χ1) is 9.27. The number of rotatable bonds is 4. The lowest BCUT2D eigenvalue weighted by Gasteiger charge is -2.06. The van der Waals surface area contributed by atoms with Crippen molar-refractivity contribution in [3.05, 3.63) is 16.5 Å². The van der Waals surface area contributed by atoms with E-state index in [4.69, 9.17) is 5.11 Å². The highest BCUT2D eigenvalue weighted by molar-refractivity contribution is 7.91. The Kier molecular flexibility index (Phi) is 4.14. The van der Waals surface area contributed by atoms with E-state index < -0.39 is 15.8 Å². The number of carboxylic acid groups (broad SMARTS) is 1. The van der Waals surface area contributed by atoms with Crippen LogP contribution in [0.4, 0.5) is 5.00 Å². The van der Waals surface area contributed by atoms with Gasteiger partial charge in [-0.25, -0.2) is 13.2 Å². The van der Waals surface area contributed by atoms with Gasteiger partial charge in [0.2, 0.25) is 5.91 Å². The van der Waals surface area contributed by atoms with Gasteiger partial charge in [-0.05, 0) is 30.9 Å². The van der Waals surface area contributed by atoms with Crippen LogP contribution in [0.3, 0.4) is 0 Å². The molecule has 0 bridgehead atoms. The van der Waals surface area contributed by atoms with Gasteiger partial charge in [0.15, 0.2) is 9.84 Å². The van der Waals surface area contributed by atoms with Crippen molar-refractivity contribution in [2.75, 3.05) is 16.8 Å². The van der Waals surface area contributed by atoms with Crippen LogP contribution in [0.2, 0.25) is 0 Å². The van der Waals surface area contributed by atoms with Crippen LogP contribution in [-0.4, -0.2) is 36.9 Å². The van der Waals surface area contributed by atoms with E-state index in [1.807, 2.05) is 0 Å². The fourth-order valence-electron chi connectivity index (χ4n) is 2.24. The number of hydrogen-bond acceptors (Lipinski definition) is 5. The second kappa shape index (κ2) is 5.53. The number of aromatic carboxylic acids is 1. The molecule has 1 aromatic rings. The molecule has 0 aromatic carbocycles. The normalized spacial score (nSPS) is 20.8. The molecule has 1 fully saturated rings. The number of carboxylic acids is 1. The van der Waals surface area contributed by atoms with Crippen LogP contribution < -0.4 is 5.32 Å². The van der Waals surface area contributed by atoms with E-state index in [1.54, 1.807) is 13.0 Å². The number of carbonyl (C=O) groups is 2. The summed E-state index contributed by atoms with van der Waals surface area (Å²) in [5.41, 5.74) is 0.598. The molecule has 0 radical (unpaired) electrons. The van der Waals surface area contributed by atoms with Crippen molar-refractivity contribution >= 4 is 38.1 Å². The van der Waals surface area contributed by atoms with Gasteiger partial charge in [-0.1, -0.05) is 0 Å². The molecular formula is C12H15NO5S2. The van der Waals surface area contributed by atoms with E-state index >= 15 is 0 Å². The molecule has 1 aliphatic rings. The van der Waals surface area contributed by atoms with Gasteiger partial charge in [0.25, 0.3) is 0 Å². The molecule has 2 heterocycles. The molecule has 2 rings (SSSR count). The van der Waals surface area contributed by atoms with Crippen LogP contribution in [0.1, 0.15) is 28.1 Å². The zero-order chi connectivity index (χ0) is 14.9. The number of amides is 1. The van der Waals surface area contributed by atoms with E-state index in [1.165, 1.54) is 0 Å². The minimum Gasteiger partial charge on any atom is -0.477 e. The Labute approximate surface area is 120 Å². The maximum Gasteiger partial charge on any atom is 0.346 e. The predicted molar refractivity (Wildman–Crippen MR) is 76.0 cm³/mol. The van der Waals surface area contributed by atoms with Gasteiger partial charge < -0.3 is 10.4 Å². The lowest BCUT2D eigenvalue weighted by molar-refractivity contribution is -0.116. The molecule has 1 atom stereocenters. The highest BCUT2D eigenvalue weighted by Crippen LogP contribution is 2.28. The molecule has 110 valence electrons. The molecule has 20 heavy (non-hydrogen) atoms. The minimum atomic E-state index is -2.98. The van der Waals surface area contributed by atoms with Gasteiger partial charge in [0.05, 0.1) is 16.5 Å². The molecule has 2 N–H and O–H groups in total. The Morgan fingerprint density at radius 3 is 2.70 bits per heavy atom. The lowest BCUT2D eigenvalue weighted by Crippen LogP contribution is -2.16. The highest BCUT2D eigenvalue weighted by atomic mass is 32.2. The van der Waals surface area contributed by atoms with Crippen molar-refractivity contribution in [2.45, 2.75) is 19.8 Å². The number of nitrogens with one attached hydrogen (secondary N) is 1. The van der Waals surface area contributed by atoms with Crippen molar-refractivity contribution in [1.29, 1.82) is 0 Å². The first kappa shape index (κ1) is 15.0. The highest BCUT2D eigenvalue weighted by Gasteiger charge is 2.29. The second-order valence-corrected chi connectivity index (χ2v) is 8.23. The van der Waals surface area contributed by atoms with E-state index in [0.29, 0.717) is 17.0 Å². The molecule has 0 saturated carbocycles. The molecule has 1 aliphatic heterocycles. The molecule has 0 aliphatic carbocycles. The second-order valence-electron chi connectivity index (χ2n) is 4.95. The molecule has 6 nitrogen and oxygen atoms in total. The molecule has 1 aromatic heterocycles. The number of carbonyl (C=O) groups excluding carboxylic acids is 1. The van der Waals surface area contributed by atoms with E-state index in [9.17, 15) is 18.0 Å². The van der Waals surface area contributed by atoms with Gasteiger partial charge in [0.1, 0.15) is 4.88 Å². The van der Waals surface area contributed by atoms with Gasteiger partial charge >= 0.3 is 5.97 Å². The molecular weight excluding hydrogens is 302 g/mol. The average molecular weight is 317 g/mol. The van der Waals surface area contributed by atoms with Crippen molar-refractivity contribution in [1.82, 2.24) is 0 Å². The summed E-state index contributed by atoms with van der Waals surface area (Å²) < 4.78 is 22.6. The third-order valence-electron chi connectivity index (χ3n) is 3.18. The third-order valence-corrected chi connectivity index (χ3v) is 6.15. The summed E-state index contributed by atoms with van der Waals surface area (Å²) in [5.74, 6) is -1.23. The Morgan fingerprint density at radius 2 is 2.20 bits per heavy atom. The maximum atomic E-state index is 11.8. The first-order valence-corrected chi connectivity index (χ1v) is 8.74. The van der Waals surface area contributed by atoms with E-state index in [2.05, 4.69) is 5.32 Å². The van der Waals surface area contributed by atoms with Crippen molar-refractivity contribution in [3.8, 4) is 0 Å². The van der Waals surface area contributed by atoms with Gasteiger partial charge in [0, 0.05) is 6.42 Å². The quantitative estimate of drug-likeness (QED) is 0.877. The summed E-state index contributed by atoms with van der Waals surface area (Å²) >= 11 is 1.00. The van der Waals surface area contributed by atoms with Crippen molar-refractivity contribution < 1.29 is 23.1 Å². The summed E-state index contributed by atoms with van der Waals surface area (Å²) in [6.07, 6.45) is 0.665. The molecule has 1 unspecified atom stereocenters.